The predicted octanol–water partition coefficient (Wildman–Crippen LogP) is 1.06. The number of hydrogen-bond donors (Lipinski definition) is 1. The number of aromatic nitrogens is 3. The number of fused-ring (bicyclic) bond motifs is 1. The standard InChI is InChI=1S/C21H24N4O7/c1-21(2)31-16-14(10-29-13-7-4-12(5-8-13)6-9-15(26)28-3)30-20(17(16)32-21)25-11-23-19(24-25)18(22)27/h4-9,11,14,16-17,20H,10H2,1-3H3,(H2,22,27)/b9-6+/t14-,16-,17-,20-/m1/s1. The lowest BCUT2D eigenvalue weighted by Crippen LogP contribution is -2.33. The number of esters is 1. The molecule has 0 unspecified atom stereocenters. The van der Waals surface area contributed by atoms with Crippen molar-refractivity contribution in [3.63, 3.8) is 0 Å². The van der Waals surface area contributed by atoms with Crippen molar-refractivity contribution in [1.29, 1.82) is 0 Å². The molecule has 32 heavy (non-hydrogen) atoms. The number of carbonyl (C=O) groups is 2. The molecule has 2 aliphatic heterocycles. The second kappa shape index (κ2) is 8.69. The highest BCUT2D eigenvalue weighted by Crippen LogP contribution is 2.42. The summed E-state index contributed by atoms with van der Waals surface area (Å²) in [5.74, 6) is -1.45. The lowest BCUT2D eigenvalue weighted by Gasteiger charge is -2.24. The Morgan fingerprint density at radius 2 is 1.94 bits per heavy atom. The molecule has 0 radical (unpaired) electrons. The van der Waals surface area contributed by atoms with Crippen molar-refractivity contribution in [1.82, 2.24) is 14.8 Å². The maximum Gasteiger partial charge on any atom is 0.330 e. The molecule has 11 heteroatoms. The molecule has 4 rings (SSSR count). The minimum Gasteiger partial charge on any atom is -0.491 e. The van der Waals surface area contributed by atoms with E-state index < -0.39 is 42.2 Å². The maximum atomic E-state index is 11.3. The first-order valence-electron chi connectivity index (χ1n) is 9.97. The summed E-state index contributed by atoms with van der Waals surface area (Å²) in [6.07, 6.45) is 2.39. The molecule has 0 spiro atoms. The zero-order chi connectivity index (χ0) is 22.9. The van der Waals surface area contributed by atoms with Gasteiger partial charge in [-0.1, -0.05) is 12.1 Å². The number of carbonyl (C=O) groups excluding carboxylic acids is 2. The van der Waals surface area contributed by atoms with Gasteiger partial charge in [-0.05, 0) is 37.6 Å². The van der Waals surface area contributed by atoms with Crippen LogP contribution in [0.1, 0.15) is 36.3 Å². The molecule has 0 saturated carbocycles. The van der Waals surface area contributed by atoms with Crippen LogP contribution in [0, 0.1) is 0 Å². The van der Waals surface area contributed by atoms with Crippen molar-refractivity contribution in [3.8, 4) is 5.75 Å². The molecule has 2 aromatic rings. The van der Waals surface area contributed by atoms with Gasteiger partial charge < -0.3 is 29.4 Å². The summed E-state index contributed by atoms with van der Waals surface area (Å²) in [5.41, 5.74) is 6.07. The van der Waals surface area contributed by atoms with Crippen LogP contribution in [0.5, 0.6) is 5.75 Å². The molecule has 1 aromatic carbocycles. The average Bonchev–Trinajstić information content (AvgIpc) is 3.44. The molecule has 4 atom stereocenters. The fourth-order valence-corrected chi connectivity index (χ4v) is 3.60. The Bertz CT molecular complexity index is 1020. The number of amides is 1. The van der Waals surface area contributed by atoms with Crippen LogP contribution in [-0.4, -0.2) is 64.5 Å². The molecule has 170 valence electrons. The largest absolute Gasteiger partial charge is 0.491 e. The number of ether oxygens (including phenoxy) is 5. The molecule has 2 saturated heterocycles. The molecule has 2 fully saturated rings. The van der Waals surface area contributed by atoms with Crippen LogP contribution in [0.4, 0.5) is 0 Å². The Labute approximate surface area is 184 Å². The highest BCUT2D eigenvalue weighted by molar-refractivity contribution is 5.88. The minimum absolute atomic E-state index is 0.107. The topological polar surface area (TPSA) is 137 Å². The number of primary amides is 1. The van der Waals surface area contributed by atoms with Gasteiger partial charge in [-0.25, -0.2) is 14.5 Å². The van der Waals surface area contributed by atoms with E-state index in [1.54, 1.807) is 18.2 Å². The van der Waals surface area contributed by atoms with E-state index in [-0.39, 0.29) is 12.4 Å². The normalized spacial score (nSPS) is 26.2. The number of benzene rings is 1. The molecule has 11 nitrogen and oxygen atoms in total. The molecule has 3 heterocycles. The lowest BCUT2D eigenvalue weighted by atomic mass is 10.1. The summed E-state index contributed by atoms with van der Waals surface area (Å²) >= 11 is 0. The number of rotatable bonds is 7. The number of hydrogen-bond acceptors (Lipinski definition) is 9. The SMILES string of the molecule is COC(=O)/C=C/c1ccc(OC[C@H]2O[C@@H](n3cnc(C(N)=O)n3)[C@@H]3OC(C)(C)O[C@@H]32)cc1. The minimum atomic E-state index is -0.809. The lowest BCUT2D eigenvalue weighted by molar-refractivity contribution is -0.200. The van der Waals surface area contributed by atoms with E-state index in [1.165, 1.54) is 24.2 Å². The third kappa shape index (κ3) is 4.64. The first kappa shape index (κ1) is 21.9. The van der Waals surface area contributed by atoms with Crippen molar-refractivity contribution in [2.75, 3.05) is 13.7 Å². The first-order chi connectivity index (χ1) is 15.3. The predicted molar refractivity (Wildman–Crippen MR) is 109 cm³/mol. The molecule has 0 aliphatic carbocycles. The highest BCUT2D eigenvalue weighted by Gasteiger charge is 2.56. The Morgan fingerprint density at radius 3 is 2.59 bits per heavy atom. The number of methoxy groups -OCH3 is 1. The van der Waals surface area contributed by atoms with E-state index in [2.05, 4.69) is 14.8 Å². The van der Waals surface area contributed by atoms with Crippen LogP contribution in [0.25, 0.3) is 6.08 Å². The fourth-order valence-electron chi connectivity index (χ4n) is 3.60. The average molecular weight is 444 g/mol. The Morgan fingerprint density at radius 1 is 1.22 bits per heavy atom. The van der Waals surface area contributed by atoms with Crippen molar-refractivity contribution >= 4 is 18.0 Å². The van der Waals surface area contributed by atoms with Crippen LogP contribution < -0.4 is 10.5 Å². The van der Waals surface area contributed by atoms with E-state index >= 15 is 0 Å². The van der Waals surface area contributed by atoms with Crippen LogP contribution in [0.2, 0.25) is 0 Å². The van der Waals surface area contributed by atoms with Gasteiger partial charge in [-0.15, -0.1) is 5.10 Å². The molecular formula is C21H24N4O7. The molecule has 1 aromatic heterocycles. The van der Waals surface area contributed by atoms with Gasteiger partial charge >= 0.3 is 5.97 Å². The smallest absolute Gasteiger partial charge is 0.330 e. The van der Waals surface area contributed by atoms with E-state index in [9.17, 15) is 9.59 Å². The van der Waals surface area contributed by atoms with Crippen LogP contribution in [-0.2, 0) is 23.7 Å². The van der Waals surface area contributed by atoms with Crippen LogP contribution in [0.3, 0.4) is 0 Å². The summed E-state index contributed by atoms with van der Waals surface area (Å²) in [5, 5.41) is 4.09. The van der Waals surface area contributed by atoms with E-state index in [1.807, 2.05) is 26.0 Å². The molecule has 1 amide bonds. The fraction of sp³-hybridized carbons (Fsp3) is 0.429. The quantitative estimate of drug-likeness (QED) is 0.491. The monoisotopic (exact) mass is 444 g/mol. The summed E-state index contributed by atoms with van der Waals surface area (Å²) in [7, 11) is 1.32. The first-order valence-corrected chi connectivity index (χ1v) is 9.97. The molecule has 2 N–H and O–H groups in total. The third-order valence-corrected chi connectivity index (χ3v) is 5.02. The van der Waals surface area contributed by atoms with Crippen LogP contribution >= 0.6 is 0 Å². The number of nitrogens with two attached hydrogens (primary N) is 1. The summed E-state index contributed by atoms with van der Waals surface area (Å²) in [6, 6.07) is 7.20. The van der Waals surface area contributed by atoms with Gasteiger partial charge in [0.1, 0.15) is 37.0 Å². The second-order valence-corrected chi connectivity index (χ2v) is 7.78. The summed E-state index contributed by atoms with van der Waals surface area (Å²) < 4.78 is 30.0. The molecule has 2 aliphatic rings. The molecular weight excluding hydrogens is 420 g/mol. The Kier molecular flexibility index (Phi) is 5.96. The zero-order valence-corrected chi connectivity index (χ0v) is 17.8. The van der Waals surface area contributed by atoms with Gasteiger partial charge in [0.2, 0.25) is 5.82 Å². The summed E-state index contributed by atoms with van der Waals surface area (Å²) in [6.45, 7) is 3.83. The van der Waals surface area contributed by atoms with Crippen molar-refractivity contribution < 1.29 is 33.3 Å². The van der Waals surface area contributed by atoms with Crippen molar-refractivity contribution in [2.45, 2.75) is 44.2 Å². The highest BCUT2D eigenvalue weighted by atomic mass is 16.8. The van der Waals surface area contributed by atoms with Gasteiger partial charge in [0, 0.05) is 6.08 Å². The van der Waals surface area contributed by atoms with Crippen molar-refractivity contribution in [3.05, 3.63) is 48.1 Å². The van der Waals surface area contributed by atoms with Gasteiger partial charge in [0.15, 0.2) is 12.0 Å². The summed E-state index contributed by atoms with van der Waals surface area (Å²) in [4.78, 5) is 26.4. The van der Waals surface area contributed by atoms with Crippen LogP contribution in [0.15, 0.2) is 36.7 Å². The molecule has 0 bridgehead atoms. The van der Waals surface area contributed by atoms with E-state index in [0.717, 1.165) is 5.56 Å². The third-order valence-electron chi connectivity index (χ3n) is 5.02. The van der Waals surface area contributed by atoms with E-state index in [4.69, 9.17) is 24.7 Å². The Hall–Kier alpha value is -3.28. The number of nitrogens with zero attached hydrogens (tertiary/aromatic N) is 3. The Balaban J connectivity index is 1.43. The van der Waals surface area contributed by atoms with Gasteiger partial charge in [-0.2, -0.15) is 0 Å². The second-order valence-electron chi connectivity index (χ2n) is 7.78. The van der Waals surface area contributed by atoms with E-state index in [0.29, 0.717) is 5.75 Å². The van der Waals surface area contributed by atoms with Gasteiger partial charge in [0.05, 0.1) is 7.11 Å². The van der Waals surface area contributed by atoms with Crippen molar-refractivity contribution in [2.24, 2.45) is 5.73 Å². The van der Waals surface area contributed by atoms with Gasteiger partial charge in [0.25, 0.3) is 5.91 Å². The van der Waals surface area contributed by atoms with Gasteiger partial charge in [-0.3, -0.25) is 4.79 Å². The maximum absolute atomic E-state index is 11.3. The zero-order valence-electron chi connectivity index (χ0n) is 17.8.